The Kier molecular flexibility index (Phi) is 4.41. The van der Waals surface area contributed by atoms with Gasteiger partial charge < -0.3 is 5.32 Å². The fourth-order valence-corrected chi connectivity index (χ4v) is 2.81. The lowest BCUT2D eigenvalue weighted by Gasteiger charge is -2.10. The van der Waals surface area contributed by atoms with Crippen molar-refractivity contribution in [3.05, 3.63) is 58.0 Å². The van der Waals surface area contributed by atoms with Crippen molar-refractivity contribution in [2.45, 2.75) is 26.8 Å². The number of nitrogens with zero attached hydrogens (tertiary/aromatic N) is 4. The maximum absolute atomic E-state index is 11.1. The van der Waals surface area contributed by atoms with E-state index in [0.717, 1.165) is 36.6 Å². The van der Waals surface area contributed by atoms with E-state index in [-0.39, 0.29) is 10.6 Å². The van der Waals surface area contributed by atoms with E-state index in [4.69, 9.17) is 0 Å². The number of anilines is 1. The molecule has 0 spiro atoms. The molecule has 1 N–H and O–H groups in total. The molecule has 0 saturated heterocycles. The van der Waals surface area contributed by atoms with Crippen LogP contribution in [0.4, 0.5) is 11.4 Å². The summed E-state index contributed by atoms with van der Waals surface area (Å²) < 4.78 is 1.99. The molecular formula is C17H19N5O2. The molecule has 1 aromatic carbocycles. The molecule has 0 fully saturated rings. The molecule has 0 amide bonds. The Morgan fingerprint density at radius 2 is 2.12 bits per heavy atom. The second-order valence-electron chi connectivity index (χ2n) is 5.72. The summed E-state index contributed by atoms with van der Waals surface area (Å²) in [5.41, 5.74) is 3.68. The third kappa shape index (κ3) is 3.19. The van der Waals surface area contributed by atoms with Gasteiger partial charge in [-0.1, -0.05) is 0 Å². The van der Waals surface area contributed by atoms with E-state index in [2.05, 4.69) is 21.5 Å². The average Bonchev–Trinajstić information content (AvgIpc) is 2.88. The summed E-state index contributed by atoms with van der Waals surface area (Å²) >= 11 is 0. The van der Waals surface area contributed by atoms with Crippen LogP contribution in [0.1, 0.15) is 17.8 Å². The van der Waals surface area contributed by atoms with Crippen LogP contribution in [-0.2, 0) is 6.54 Å². The molecule has 7 nitrogen and oxygen atoms in total. The minimum atomic E-state index is -0.378. The van der Waals surface area contributed by atoms with Gasteiger partial charge in [0.1, 0.15) is 5.52 Å². The largest absolute Gasteiger partial charge is 0.383 e. The first-order valence-corrected chi connectivity index (χ1v) is 7.83. The number of nitro groups is 1. The summed E-state index contributed by atoms with van der Waals surface area (Å²) in [6.45, 7) is 5.59. The SMILES string of the molecule is Cc1cc(C)n(CCCNc2ccc([N+](=O)[O-])c3cccnc23)n1. The van der Waals surface area contributed by atoms with Crippen LogP contribution in [0.15, 0.2) is 36.5 Å². The third-order valence-corrected chi connectivity index (χ3v) is 3.91. The van der Waals surface area contributed by atoms with Crippen LogP contribution in [0.5, 0.6) is 0 Å². The number of aromatic nitrogens is 3. The Balaban J connectivity index is 1.71. The zero-order valence-corrected chi connectivity index (χ0v) is 13.7. The van der Waals surface area contributed by atoms with Crippen molar-refractivity contribution in [3.63, 3.8) is 0 Å². The summed E-state index contributed by atoms with van der Waals surface area (Å²) in [5.74, 6) is 0. The van der Waals surface area contributed by atoms with Gasteiger partial charge in [0.25, 0.3) is 5.69 Å². The number of rotatable bonds is 6. The van der Waals surface area contributed by atoms with E-state index in [0.29, 0.717) is 10.9 Å². The monoisotopic (exact) mass is 325 g/mol. The zero-order chi connectivity index (χ0) is 17.1. The predicted octanol–water partition coefficient (Wildman–Crippen LogP) is 3.46. The molecule has 0 aliphatic heterocycles. The molecule has 0 aliphatic rings. The standard InChI is InChI=1S/C17H19N5O2/c1-12-11-13(2)21(20-12)10-4-9-18-15-6-7-16(22(23)24)14-5-3-8-19-17(14)15/h3,5-8,11,18H,4,9-10H2,1-2H3. The van der Waals surface area contributed by atoms with Gasteiger partial charge in [-0.3, -0.25) is 19.8 Å². The van der Waals surface area contributed by atoms with E-state index < -0.39 is 0 Å². The molecule has 0 bridgehead atoms. The quantitative estimate of drug-likeness (QED) is 0.426. The molecule has 2 aromatic heterocycles. The number of aryl methyl sites for hydroxylation is 3. The highest BCUT2D eigenvalue weighted by molar-refractivity contribution is 5.96. The number of pyridine rings is 1. The number of non-ortho nitro benzene ring substituents is 1. The van der Waals surface area contributed by atoms with Crippen molar-refractivity contribution >= 4 is 22.3 Å². The first kappa shape index (κ1) is 15.9. The Bertz CT molecular complexity index is 888. The van der Waals surface area contributed by atoms with Crippen LogP contribution in [-0.4, -0.2) is 26.2 Å². The first-order chi connectivity index (χ1) is 11.6. The van der Waals surface area contributed by atoms with Crippen molar-refractivity contribution in [2.24, 2.45) is 0 Å². The van der Waals surface area contributed by atoms with Crippen molar-refractivity contribution in [2.75, 3.05) is 11.9 Å². The number of benzene rings is 1. The van der Waals surface area contributed by atoms with Crippen LogP contribution in [0, 0.1) is 24.0 Å². The normalized spacial score (nSPS) is 10.9. The fourth-order valence-electron chi connectivity index (χ4n) is 2.81. The van der Waals surface area contributed by atoms with Gasteiger partial charge in [0, 0.05) is 31.0 Å². The van der Waals surface area contributed by atoms with Gasteiger partial charge >= 0.3 is 0 Å². The van der Waals surface area contributed by atoms with E-state index in [9.17, 15) is 10.1 Å². The van der Waals surface area contributed by atoms with Crippen molar-refractivity contribution in [3.8, 4) is 0 Å². The molecular weight excluding hydrogens is 306 g/mol. The topological polar surface area (TPSA) is 85.9 Å². The number of hydrogen-bond donors (Lipinski definition) is 1. The summed E-state index contributed by atoms with van der Waals surface area (Å²) in [7, 11) is 0. The van der Waals surface area contributed by atoms with Crippen LogP contribution in [0.25, 0.3) is 10.9 Å². The molecule has 0 saturated carbocycles. The molecule has 0 aliphatic carbocycles. The fraction of sp³-hybridized carbons (Fsp3) is 0.294. The Labute approximate surface area is 139 Å². The highest BCUT2D eigenvalue weighted by Gasteiger charge is 2.14. The third-order valence-electron chi connectivity index (χ3n) is 3.91. The lowest BCUT2D eigenvalue weighted by molar-refractivity contribution is -0.383. The van der Waals surface area contributed by atoms with Crippen LogP contribution >= 0.6 is 0 Å². The van der Waals surface area contributed by atoms with Crippen molar-refractivity contribution in [1.82, 2.24) is 14.8 Å². The summed E-state index contributed by atoms with van der Waals surface area (Å²) in [6.07, 6.45) is 2.54. The summed E-state index contributed by atoms with van der Waals surface area (Å²) in [5, 5.41) is 19.4. The Morgan fingerprint density at radius 1 is 1.29 bits per heavy atom. The van der Waals surface area contributed by atoms with Crippen LogP contribution < -0.4 is 5.32 Å². The number of nitro benzene ring substituents is 1. The lowest BCUT2D eigenvalue weighted by atomic mass is 10.1. The second kappa shape index (κ2) is 6.66. The molecule has 2 heterocycles. The van der Waals surface area contributed by atoms with Gasteiger partial charge in [-0.05, 0) is 44.5 Å². The second-order valence-corrected chi connectivity index (χ2v) is 5.72. The van der Waals surface area contributed by atoms with Gasteiger partial charge in [0.2, 0.25) is 0 Å². The van der Waals surface area contributed by atoms with Crippen molar-refractivity contribution in [1.29, 1.82) is 0 Å². The number of hydrogen-bond acceptors (Lipinski definition) is 5. The maximum atomic E-state index is 11.1. The molecule has 124 valence electrons. The highest BCUT2D eigenvalue weighted by atomic mass is 16.6. The van der Waals surface area contributed by atoms with Crippen LogP contribution in [0.3, 0.4) is 0 Å². The molecule has 0 radical (unpaired) electrons. The van der Waals surface area contributed by atoms with Gasteiger partial charge in [0.15, 0.2) is 0 Å². The Hall–Kier alpha value is -2.96. The molecule has 0 unspecified atom stereocenters. The van der Waals surface area contributed by atoms with Gasteiger partial charge in [-0.25, -0.2) is 0 Å². The van der Waals surface area contributed by atoms with Gasteiger partial charge in [0.05, 0.1) is 21.7 Å². The van der Waals surface area contributed by atoms with E-state index >= 15 is 0 Å². The highest BCUT2D eigenvalue weighted by Crippen LogP contribution is 2.29. The van der Waals surface area contributed by atoms with Gasteiger partial charge in [-0.2, -0.15) is 5.10 Å². The predicted molar refractivity (Wildman–Crippen MR) is 93.2 cm³/mol. The summed E-state index contributed by atoms with van der Waals surface area (Å²) in [4.78, 5) is 15.0. The molecule has 0 atom stereocenters. The minimum absolute atomic E-state index is 0.0753. The first-order valence-electron chi connectivity index (χ1n) is 7.83. The number of fused-ring (bicyclic) bond motifs is 1. The molecule has 7 heteroatoms. The van der Waals surface area contributed by atoms with Crippen LogP contribution in [0.2, 0.25) is 0 Å². The number of nitrogens with one attached hydrogen (secondary N) is 1. The minimum Gasteiger partial charge on any atom is -0.383 e. The molecule has 3 rings (SSSR count). The molecule has 24 heavy (non-hydrogen) atoms. The van der Waals surface area contributed by atoms with E-state index in [1.807, 2.05) is 18.5 Å². The smallest absolute Gasteiger partial charge is 0.278 e. The summed E-state index contributed by atoms with van der Waals surface area (Å²) in [6, 6.07) is 8.73. The van der Waals surface area contributed by atoms with Gasteiger partial charge in [-0.15, -0.1) is 0 Å². The van der Waals surface area contributed by atoms with E-state index in [1.54, 1.807) is 24.4 Å². The lowest BCUT2D eigenvalue weighted by Crippen LogP contribution is -2.09. The van der Waals surface area contributed by atoms with Crippen molar-refractivity contribution < 1.29 is 4.92 Å². The molecule has 3 aromatic rings. The maximum Gasteiger partial charge on any atom is 0.278 e. The zero-order valence-electron chi connectivity index (χ0n) is 13.7. The van der Waals surface area contributed by atoms with E-state index in [1.165, 1.54) is 6.07 Å². The Morgan fingerprint density at radius 3 is 2.83 bits per heavy atom. The average molecular weight is 325 g/mol.